The smallest absolute Gasteiger partial charge is 0.308 e. The summed E-state index contributed by atoms with van der Waals surface area (Å²) < 4.78 is 22.8. The molecule has 0 fully saturated rings. The Hall–Kier alpha value is -2.69. The van der Waals surface area contributed by atoms with E-state index in [0.717, 1.165) is 29.9 Å². The number of ether oxygens (including phenoxy) is 4. The van der Waals surface area contributed by atoms with Gasteiger partial charge in [-0.25, -0.2) is 0 Å². The van der Waals surface area contributed by atoms with Crippen LogP contribution in [-0.2, 0) is 11.2 Å². The van der Waals surface area contributed by atoms with E-state index in [2.05, 4.69) is 6.07 Å². The van der Waals surface area contributed by atoms with Crippen molar-refractivity contribution in [2.24, 2.45) is 0 Å². The molecule has 5 nitrogen and oxygen atoms in total. The van der Waals surface area contributed by atoms with Crippen LogP contribution >= 0.6 is 0 Å². The second-order valence-electron chi connectivity index (χ2n) is 6.07. The van der Waals surface area contributed by atoms with Gasteiger partial charge in [-0.15, -0.1) is 0 Å². The molecule has 0 saturated carbocycles. The molecule has 3 rings (SSSR count). The first-order chi connectivity index (χ1) is 12.6. The molecule has 0 bridgehead atoms. The van der Waals surface area contributed by atoms with Gasteiger partial charge in [0.25, 0.3) is 0 Å². The Morgan fingerprint density at radius 1 is 1.08 bits per heavy atom. The molecule has 1 aliphatic rings. The van der Waals surface area contributed by atoms with Crippen molar-refractivity contribution in [1.82, 2.24) is 0 Å². The maximum absolute atomic E-state index is 11.2. The highest BCUT2D eigenvalue weighted by molar-refractivity contribution is 5.69. The van der Waals surface area contributed by atoms with Gasteiger partial charge in [-0.3, -0.25) is 4.79 Å². The van der Waals surface area contributed by atoms with Crippen LogP contribution in [0.4, 0.5) is 0 Å². The number of benzene rings is 2. The lowest BCUT2D eigenvalue weighted by molar-refractivity contribution is -0.131. The summed E-state index contributed by atoms with van der Waals surface area (Å²) in [7, 11) is 0. The van der Waals surface area contributed by atoms with Gasteiger partial charge < -0.3 is 18.9 Å². The molecule has 1 aliphatic heterocycles. The van der Waals surface area contributed by atoms with Crippen LogP contribution in [-0.4, -0.2) is 19.2 Å². The zero-order valence-electron chi connectivity index (χ0n) is 15.4. The van der Waals surface area contributed by atoms with Crippen LogP contribution in [0, 0.1) is 0 Å². The van der Waals surface area contributed by atoms with E-state index in [1.165, 1.54) is 12.5 Å². The van der Waals surface area contributed by atoms with Gasteiger partial charge in [0.2, 0.25) is 0 Å². The third kappa shape index (κ3) is 4.10. The van der Waals surface area contributed by atoms with E-state index in [1.807, 2.05) is 32.0 Å². The molecule has 0 aliphatic carbocycles. The summed E-state index contributed by atoms with van der Waals surface area (Å²) in [6, 6.07) is 11.4. The zero-order chi connectivity index (χ0) is 18.5. The number of hydrogen-bond donors (Lipinski definition) is 0. The third-order valence-electron chi connectivity index (χ3n) is 4.19. The summed E-state index contributed by atoms with van der Waals surface area (Å²) in [6.07, 6.45) is 1.66. The molecular weight excluding hydrogens is 332 g/mol. The van der Waals surface area contributed by atoms with Crippen LogP contribution in [0.5, 0.6) is 23.0 Å². The minimum Gasteiger partial charge on any atom is -0.494 e. The van der Waals surface area contributed by atoms with E-state index in [-0.39, 0.29) is 12.1 Å². The molecule has 1 unspecified atom stereocenters. The van der Waals surface area contributed by atoms with Gasteiger partial charge in [0.15, 0.2) is 0 Å². The van der Waals surface area contributed by atoms with E-state index in [0.29, 0.717) is 24.7 Å². The van der Waals surface area contributed by atoms with Crippen LogP contribution in [0.3, 0.4) is 0 Å². The minimum atomic E-state index is -0.355. The van der Waals surface area contributed by atoms with E-state index in [4.69, 9.17) is 18.9 Å². The van der Waals surface area contributed by atoms with Crippen molar-refractivity contribution >= 4 is 5.97 Å². The molecule has 1 atom stereocenters. The van der Waals surface area contributed by atoms with Crippen molar-refractivity contribution in [3.63, 3.8) is 0 Å². The second-order valence-corrected chi connectivity index (χ2v) is 6.07. The van der Waals surface area contributed by atoms with E-state index in [1.54, 1.807) is 12.1 Å². The molecule has 0 radical (unpaired) electrons. The zero-order valence-corrected chi connectivity index (χ0v) is 15.4. The molecule has 0 spiro atoms. The summed E-state index contributed by atoms with van der Waals surface area (Å²) in [5.41, 5.74) is 2.13. The van der Waals surface area contributed by atoms with Crippen LogP contribution < -0.4 is 18.9 Å². The van der Waals surface area contributed by atoms with Crippen LogP contribution in [0.15, 0.2) is 36.4 Å². The number of hydrogen-bond acceptors (Lipinski definition) is 5. The molecule has 0 saturated heterocycles. The average Bonchev–Trinajstić information content (AvgIpc) is 2.61. The molecule has 138 valence electrons. The first kappa shape index (κ1) is 18.1. The predicted molar refractivity (Wildman–Crippen MR) is 98.2 cm³/mol. The van der Waals surface area contributed by atoms with E-state index in [9.17, 15) is 4.79 Å². The highest BCUT2D eigenvalue weighted by Gasteiger charge is 2.25. The van der Waals surface area contributed by atoms with E-state index < -0.39 is 0 Å². The molecule has 2 aromatic carbocycles. The lowest BCUT2D eigenvalue weighted by Crippen LogP contribution is -2.16. The topological polar surface area (TPSA) is 54.0 Å². The van der Waals surface area contributed by atoms with Crippen LogP contribution in [0.1, 0.15) is 44.4 Å². The summed E-state index contributed by atoms with van der Waals surface area (Å²) in [5.74, 6) is 2.45. The maximum Gasteiger partial charge on any atom is 0.308 e. The van der Waals surface area contributed by atoms with Crippen molar-refractivity contribution in [2.75, 3.05) is 13.2 Å². The average molecular weight is 356 g/mol. The van der Waals surface area contributed by atoms with Gasteiger partial charge in [0.05, 0.1) is 13.2 Å². The maximum atomic E-state index is 11.2. The van der Waals surface area contributed by atoms with Crippen molar-refractivity contribution in [2.45, 2.75) is 39.7 Å². The summed E-state index contributed by atoms with van der Waals surface area (Å²) in [4.78, 5) is 11.2. The number of rotatable bonds is 6. The molecule has 5 heteroatoms. The van der Waals surface area contributed by atoms with Crippen LogP contribution in [0.25, 0.3) is 0 Å². The van der Waals surface area contributed by atoms with Crippen LogP contribution in [0.2, 0.25) is 0 Å². The number of carbonyl (C=O) groups excluding carboxylic acids is 1. The molecule has 1 heterocycles. The molecule has 0 aromatic heterocycles. The monoisotopic (exact) mass is 356 g/mol. The lowest BCUT2D eigenvalue weighted by atomic mass is 9.96. The predicted octanol–water partition coefficient (Wildman–Crippen LogP) is 4.48. The second kappa shape index (κ2) is 8.13. The van der Waals surface area contributed by atoms with Crippen molar-refractivity contribution in [1.29, 1.82) is 0 Å². The van der Waals surface area contributed by atoms with Gasteiger partial charge in [-0.1, -0.05) is 6.07 Å². The standard InChI is InChI=1S/C21H24O5/c1-4-23-16-8-6-15-7-11-19(26-20(15)12-16)18-10-9-17(25-14(3)22)13-21(18)24-5-2/h6,8-10,12-13,19H,4-5,7,11H2,1-3H3. The number of fused-ring (bicyclic) bond motifs is 1. The third-order valence-corrected chi connectivity index (χ3v) is 4.19. The van der Waals surface area contributed by atoms with E-state index >= 15 is 0 Å². The quantitative estimate of drug-likeness (QED) is 0.564. The normalized spacial score (nSPS) is 15.6. The fourth-order valence-electron chi connectivity index (χ4n) is 3.12. The number of esters is 1. The highest BCUT2D eigenvalue weighted by Crippen LogP contribution is 2.40. The van der Waals surface area contributed by atoms with Gasteiger partial charge >= 0.3 is 5.97 Å². The van der Waals surface area contributed by atoms with Gasteiger partial charge in [0.1, 0.15) is 29.1 Å². The summed E-state index contributed by atoms with van der Waals surface area (Å²) in [5, 5.41) is 0. The van der Waals surface area contributed by atoms with Gasteiger partial charge in [0, 0.05) is 24.6 Å². The summed E-state index contributed by atoms with van der Waals surface area (Å²) >= 11 is 0. The van der Waals surface area contributed by atoms with Crippen molar-refractivity contribution in [3.05, 3.63) is 47.5 Å². The lowest BCUT2D eigenvalue weighted by Gasteiger charge is -2.28. The largest absolute Gasteiger partial charge is 0.494 e. The first-order valence-corrected chi connectivity index (χ1v) is 8.98. The van der Waals surface area contributed by atoms with Gasteiger partial charge in [-0.05, 0) is 50.5 Å². The Kier molecular flexibility index (Phi) is 5.66. The van der Waals surface area contributed by atoms with Crippen molar-refractivity contribution in [3.8, 4) is 23.0 Å². The number of carbonyl (C=O) groups is 1. The van der Waals surface area contributed by atoms with Gasteiger partial charge in [-0.2, -0.15) is 0 Å². The Morgan fingerprint density at radius 2 is 1.85 bits per heavy atom. The van der Waals surface area contributed by atoms with Crippen molar-refractivity contribution < 1.29 is 23.7 Å². The Balaban J connectivity index is 1.86. The fraction of sp³-hybridized carbons (Fsp3) is 0.381. The Labute approximate surface area is 153 Å². The Bertz CT molecular complexity index is 784. The minimum absolute atomic E-state index is 0.118. The molecule has 26 heavy (non-hydrogen) atoms. The summed E-state index contributed by atoms with van der Waals surface area (Å²) in [6.45, 7) is 6.41. The first-order valence-electron chi connectivity index (χ1n) is 8.98. The molecule has 0 N–H and O–H groups in total. The molecule has 2 aromatic rings. The number of aryl methyl sites for hydroxylation is 1. The Morgan fingerprint density at radius 3 is 2.58 bits per heavy atom. The fourth-order valence-corrected chi connectivity index (χ4v) is 3.12. The highest BCUT2D eigenvalue weighted by atomic mass is 16.5. The SMILES string of the molecule is CCOc1ccc2c(c1)OC(c1ccc(OC(C)=O)cc1OCC)CC2. The molecule has 0 amide bonds. The molecular formula is C21H24O5.